The maximum Gasteiger partial charge on any atom is 0.224 e. The van der Waals surface area contributed by atoms with E-state index >= 15 is 0 Å². The predicted molar refractivity (Wildman–Crippen MR) is 81.1 cm³/mol. The maximum absolute atomic E-state index is 11.9. The number of carbonyl (C=O) groups excluding carboxylic acids is 1. The fourth-order valence-corrected chi connectivity index (χ4v) is 2.06. The molecule has 3 N–H and O–H groups in total. The highest BCUT2D eigenvalue weighted by atomic mass is 16.1. The van der Waals surface area contributed by atoms with E-state index in [0.717, 1.165) is 16.7 Å². The minimum Gasteiger partial charge on any atom is -0.352 e. The zero-order valence-electron chi connectivity index (χ0n) is 11.7. The maximum atomic E-state index is 11.9. The molecule has 0 aromatic heterocycles. The van der Waals surface area contributed by atoms with Gasteiger partial charge < -0.3 is 11.1 Å². The summed E-state index contributed by atoms with van der Waals surface area (Å²) in [6.45, 7) is 3.12. The Labute approximate surface area is 119 Å². The smallest absolute Gasteiger partial charge is 0.224 e. The average molecular weight is 268 g/mol. The molecule has 0 fully saturated rings. The van der Waals surface area contributed by atoms with Gasteiger partial charge in [0.25, 0.3) is 0 Å². The summed E-state index contributed by atoms with van der Waals surface area (Å²) in [6, 6.07) is 16.0. The van der Waals surface area contributed by atoms with Crippen molar-refractivity contribution in [3.05, 3.63) is 70.8 Å². The number of hydrogen-bond acceptors (Lipinski definition) is 2. The first-order valence-corrected chi connectivity index (χ1v) is 6.77. The van der Waals surface area contributed by atoms with Gasteiger partial charge in [-0.1, -0.05) is 54.1 Å². The molecule has 0 atom stereocenters. The second kappa shape index (κ2) is 6.87. The predicted octanol–water partition coefficient (Wildman–Crippen LogP) is 2.31. The van der Waals surface area contributed by atoms with Gasteiger partial charge in [0.15, 0.2) is 0 Å². The SMILES string of the molecule is Cc1cccc(CC(=O)NCc2ccc(CN)cc2)c1. The molecule has 3 nitrogen and oxygen atoms in total. The van der Waals surface area contributed by atoms with Crippen molar-refractivity contribution in [2.45, 2.75) is 26.4 Å². The van der Waals surface area contributed by atoms with Gasteiger partial charge in [-0.05, 0) is 23.6 Å². The Hall–Kier alpha value is -2.13. The van der Waals surface area contributed by atoms with Gasteiger partial charge in [-0.15, -0.1) is 0 Å². The molecule has 2 aromatic carbocycles. The first kappa shape index (κ1) is 14.3. The Bertz CT molecular complexity index is 576. The number of amides is 1. The summed E-state index contributed by atoms with van der Waals surface area (Å²) in [5, 5.41) is 2.93. The molecule has 2 aromatic rings. The molecule has 0 radical (unpaired) electrons. The molecule has 0 saturated heterocycles. The minimum atomic E-state index is 0.0403. The Kier molecular flexibility index (Phi) is 4.91. The summed E-state index contributed by atoms with van der Waals surface area (Å²) in [6.07, 6.45) is 0.419. The molecule has 0 spiro atoms. The number of carbonyl (C=O) groups is 1. The quantitative estimate of drug-likeness (QED) is 0.874. The van der Waals surface area contributed by atoms with Crippen LogP contribution in [0.25, 0.3) is 0 Å². The van der Waals surface area contributed by atoms with Crippen LogP contribution >= 0.6 is 0 Å². The van der Waals surface area contributed by atoms with Gasteiger partial charge >= 0.3 is 0 Å². The van der Waals surface area contributed by atoms with Crippen molar-refractivity contribution in [1.29, 1.82) is 0 Å². The van der Waals surface area contributed by atoms with Crippen LogP contribution in [0.15, 0.2) is 48.5 Å². The van der Waals surface area contributed by atoms with E-state index in [9.17, 15) is 4.79 Å². The number of hydrogen-bond donors (Lipinski definition) is 2. The molecular formula is C17H20N2O. The van der Waals surface area contributed by atoms with E-state index in [4.69, 9.17) is 5.73 Å². The fourth-order valence-electron chi connectivity index (χ4n) is 2.06. The highest BCUT2D eigenvalue weighted by Gasteiger charge is 2.03. The van der Waals surface area contributed by atoms with Crippen LogP contribution in [-0.4, -0.2) is 5.91 Å². The molecule has 104 valence electrons. The van der Waals surface area contributed by atoms with Gasteiger partial charge in [0.1, 0.15) is 0 Å². The standard InChI is InChI=1S/C17H20N2O/c1-13-3-2-4-16(9-13)10-17(20)19-12-15-7-5-14(11-18)6-8-15/h2-9H,10-12,18H2,1H3,(H,19,20). The van der Waals surface area contributed by atoms with E-state index in [0.29, 0.717) is 19.5 Å². The Morgan fingerprint density at radius 3 is 2.40 bits per heavy atom. The largest absolute Gasteiger partial charge is 0.352 e. The summed E-state index contributed by atoms with van der Waals surface area (Å²) in [5.74, 6) is 0.0403. The van der Waals surface area contributed by atoms with E-state index in [1.165, 1.54) is 5.56 Å². The van der Waals surface area contributed by atoms with Crippen molar-refractivity contribution >= 4 is 5.91 Å². The zero-order valence-corrected chi connectivity index (χ0v) is 11.7. The average Bonchev–Trinajstić information content (AvgIpc) is 2.46. The van der Waals surface area contributed by atoms with Gasteiger partial charge in [0.2, 0.25) is 5.91 Å². The molecule has 0 aliphatic heterocycles. The van der Waals surface area contributed by atoms with Crippen molar-refractivity contribution in [2.75, 3.05) is 0 Å². The van der Waals surface area contributed by atoms with Gasteiger partial charge in [-0.25, -0.2) is 0 Å². The highest BCUT2D eigenvalue weighted by molar-refractivity contribution is 5.78. The molecule has 1 amide bonds. The van der Waals surface area contributed by atoms with Crippen LogP contribution in [0.2, 0.25) is 0 Å². The van der Waals surface area contributed by atoms with Crippen LogP contribution in [0.1, 0.15) is 22.3 Å². The van der Waals surface area contributed by atoms with Crippen LogP contribution < -0.4 is 11.1 Å². The van der Waals surface area contributed by atoms with Crippen LogP contribution in [-0.2, 0) is 24.3 Å². The lowest BCUT2D eigenvalue weighted by Gasteiger charge is -2.07. The first-order valence-electron chi connectivity index (χ1n) is 6.77. The molecule has 0 heterocycles. The normalized spacial score (nSPS) is 10.3. The van der Waals surface area contributed by atoms with Crippen LogP contribution in [0, 0.1) is 6.92 Å². The summed E-state index contributed by atoms with van der Waals surface area (Å²) in [5.41, 5.74) is 9.95. The third kappa shape index (κ3) is 4.21. The summed E-state index contributed by atoms with van der Waals surface area (Å²) < 4.78 is 0. The third-order valence-electron chi connectivity index (χ3n) is 3.20. The number of rotatable bonds is 5. The summed E-state index contributed by atoms with van der Waals surface area (Å²) in [7, 11) is 0. The number of nitrogens with two attached hydrogens (primary N) is 1. The number of nitrogens with one attached hydrogen (secondary N) is 1. The molecule has 3 heteroatoms. The summed E-state index contributed by atoms with van der Waals surface area (Å²) in [4.78, 5) is 11.9. The topological polar surface area (TPSA) is 55.1 Å². The number of benzene rings is 2. The monoisotopic (exact) mass is 268 g/mol. The molecule has 0 bridgehead atoms. The van der Waals surface area contributed by atoms with E-state index in [1.807, 2.05) is 55.5 Å². The molecule has 0 aliphatic carbocycles. The third-order valence-corrected chi connectivity index (χ3v) is 3.20. The Morgan fingerprint density at radius 1 is 1.05 bits per heavy atom. The van der Waals surface area contributed by atoms with Crippen LogP contribution in [0.3, 0.4) is 0 Å². The van der Waals surface area contributed by atoms with Crippen molar-refractivity contribution in [1.82, 2.24) is 5.32 Å². The van der Waals surface area contributed by atoms with Gasteiger partial charge in [-0.3, -0.25) is 4.79 Å². The second-order valence-electron chi connectivity index (χ2n) is 4.96. The van der Waals surface area contributed by atoms with Crippen LogP contribution in [0.4, 0.5) is 0 Å². The van der Waals surface area contributed by atoms with E-state index in [-0.39, 0.29) is 5.91 Å². The number of aryl methyl sites for hydroxylation is 1. The lowest BCUT2D eigenvalue weighted by molar-refractivity contribution is -0.120. The van der Waals surface area contributed by atoms with E-state index in [1.54, 1.807) is 0 Å². The van der Waals surface area contributed by atoms with Crippen molar-refractivity contribution in [2.24, 2.45) is 5.73 Å². The molecule has 20 heavy (non-hydrogen) atoms. The van der Waals surface area contributed by atoms with Gasteiger partial charge in [0, 0.05) is 13.1 Å². The highest BCUT2D eigenvalue weighted by Crippen LogP contribution is 2.06. The van der Waals surface area contributed by atoms with Crippen molar-refractivity contribution in [3.63, 3.8) is 0 Å². The lowest BCUT2D eigenvalue weighted by Crippen LogP contribution is -2.24. The van der Waals surface area contributed by atoms with Crippen LogP contribution in [0.5, 0.6) is 0 Å². The van der Waals surface area contributed by atoms with E-state index < -0.39 is 0 Å². The van der Waals surface area contributed by atoms with Gasteiger partial charge in [0.05, 0.1) is 6.42 Å². The first-order chi connectivity index (χ1) is 9.67. The lowest BCUT2D eigenvalue weighted by atomic mass is 10.1. The molecule has 0 aliphatic rings. The molecule has 0 saturated carbocycles. The minimum absolute atomic E-state index is 0.0403. The van der Waals surface area contributed by atoms with E-state index in [2.05, 4.69) is 5.32 Å². The zero-order chi connectivity index (χ0) is 14.4. The Balaban J connectivity index is 1.85. The van der Waals surface area contributed by atoms with Crippen molar-refractivity contribution < 1.29 is 4.79 Å². The van der Waals surface area contributed by atoms with Gasteiger partial charge in [-0.2, -0.15) is 0 Å². The second-order valence-corrected chi connectivity index (χ2v) is 4.96. The summed E-state index contributed by atoms with van der Waals surface area (Å²) >= 11 is 0. The van der Waals surface area contributed by atoms with Crippen molar-refractivity contribution in [3.8, 4) is 0 Å². The fraction of sp³-hybridized carbons (Fsp3) is 0.235. The molecule has 2 rings (SSSR count). The molecule has 0 unspecified atom stereocenters. The molecular weight excluding hydrogens is 248 g/mol. The Morgan fingerprint density at radius 2 is 1.75 bits per heavy atom.